The van der Waals surface area contributed by atoms with Gasteiger partial charge in [-0.15, -0.1) is 0 Å². The van der Waals surface area contributed by atoms with Crippen molar-refractivity contribution in [1.82, 2.24) is 0 Å². The van der Waals surface area contributed by atoms with Crippen molar-refractivity contribution < 1.29 is 37.3 Å². The third kappa shape index (κ3) is 8.02. The van der Waals surface area contributed by atoms with Gasteiger partial charge < -0.3 is 25.4 Å². The monoisotopic (exact) mass is 665 g/mol. The van der Waals surface area contributed by atoms with Crippen LogP contribution in [0.5, 0.6) is 0 Å². The number of nitrogens with zero attached hydrogens (tertiary/aromatic N) is 2. The van der Waals surface area contributed by atoms with Crippen LogP contribution in [-0.2, 0) is 37.1 Å². The number of fused-ring (bicyclic) bond motifs is 2. The van der Waals surface area contributed by atoms with E-state index in [1.807, 2.05) is 32.1 Å². The van der Waals surface area contributed by atoms with Crippen LogP contribution in [0.15, 0.2) is 65.2 Å². The third-order valence-electron chi connectivity index (χ3n) is 9.40. The second-order valence-electron chi connectivity index (χ2n) is 13.4. The normalized spacial score (nSPS) is 17.5. The lowest BCUT2D eigenvalue weighted by molar-refractivity contribution is -0.438. The van der Waals surface area contributed by atoms with Crippen LogP contribution in [0.1, 0.15) is 95.8 Å². The van der Waals surface area contributed by atoms with Crippen LogP contribution in [0.25, 0.3) is 0 Å². The molecule has 4 rings (SSSR count). The van der Waals surface area contributed by atoms with E-state index in [1.165, 1.54) is 17.7 Å². The molecule has 10 nitrogen and oxygen atoms in total. The van der Waals surface area contributed by atoms with E-state index < -0.39 is 27.5 Å². The summed E-state index contributed by atoms with van der Waals surface area (Å²) in [7, 11) is -4.64. The maximum atomic E-state index is 11.9. The zero-order valence-corrected chi connectivity index (χ0v) is 28.6. The standard InChI is InChI=1S/C36H47N3O7S/c1-35(2)27-22-25(24-37)16-18-29(27)38(20-9-5-7-14-33(40)41)31(35)12-11-13-32-36(3,4)28-23-26(47(44,45)46)17-19-30(28)39(32)21-10-6-8-15-34(42)43/h11-13,16-19,22-23H,5-10,14-15,20-21,24,37H2,1-4H3,(H2-,40,41,42,43,44,45,46). The highest BCUT2D eigenvalue weighted by Gasteiger charge is 2.45. The highest BCUT2D eigenvalue weighted by atomic mass is 32.2. The number of allylic oxidation sites excluding steroid dienone is 4. The van der Waals surface area contributed by atoms with Crippen molar-refractivity contribution in [2.24, 2.45) is 5.73 Å². The van der Waals surface area contributed by atoms with Gasteiger partial charge in [-0.1, -0.05) is 38.5 Å². The van der Waals surface area contributed by atoms with E-state index in [1.54, 1.807) is 6.07 Å². The van der Waals surface area contributed by atoms with Crippen molar-refractivity contribution in [2.45, 2.75) is 101 Å². The van der Waals surface area contributed by atoms with Gasteiger partial charge in [-0.25, -0.2) is 8.42 Å². The predicted octanol–water partition coefficient (Wildman–Crippen LogP) is 5.95. The van der Waals surface area contributed by atoms with Crippen molar-refractivity contribution in [3.8, 4) is 0 Å². The Labute approximate surface area is 278 Å². The topological polar surface area (TPSA) is 164 Å². The summed E-state index contributed by atoms with van der Waals surface area (Å²) < 4.78 is 37.9. The number of benzene rings is 2. The molecule has 2 aromatic rings. The molecule has 0 fully saturated rings. The molecule has 0 aliphatic carbocycles. The number of carboxylic acid groups (broad SMARTS) is 2. The first-order valence-electron chi connectivity index (χ1n) is 16.3. The number of nitrogens with two attached hydrogens (primary N) is 1. The predicted molar refractivity (Wildman–Crippen MR) is 181 cm³/mol. The molecule has 2 aromatic carbocycles. The van der Waals surface area contributed by atoms with Crippen molar-refractivity contribution in [3.05, 3.63) is 77.0 Å². The molecule has 0 atom stereocenters. The molecule has 0 amide bonds. The van der Waals surface area contributed by atoms with Crippen LogP contribution in [0.3, 0.4) is 0 Å². The van der Waals surface area contributed by atoms with Crippen molar-refractivity contribution >= 4 is 39.1 Å². The third-order valence-corrected chi connectivity index (χ3v) is 10.2. The summed E-state index contributed by atoms with van der Waals surface area (Å²) in [5.41, 5.74) is 12.0. The Bertz CT molecular complexity index is 1720. The van der Waals surface area contributed by atoms with E-state index in [-0.39, 0.29) is 23.2 Å². The molecule has 0 spiro atoms. The van der Waals surface area contributed by atoms with Crippen LogP contribution < -0.4 is 10.6 Å². The van der Waals surface area contributed by atoms with Gasteiger partial charge >= 0.3 is 11.9 Å². The minimum absolute atomic E-state index is 0.109. The molecular weight excluding hydrogens is 618 g/mol. The number of carboxylic acids is 2. The van der Waals surface area contributed by atoms with Gasteiger partial charge in [0.05, 0.1) is 10.3 Å². The highest BCUT2D eigenvalue weighted by molar-refractivity contribution is 7.85. The second-order valence-corrected chi connectivity index (χ2v) is 14.8. The van der Waals surface area contributed by atoms with E-state index in [2.05, 4.69) is 41.5 Å². The molecule has 2 aliphatic heterocycles. The molecule has 0 saturated carbocycles. The summed E-state index contributed by atoms with van der Waals surface area (Å²) >= 11 is 0. The van der Waals surface area contributed by atoms with Crippen molar-refractivity contribution in [1.29, 1.82) is 0 Å². The molecule has 0 saturated heterocycles. The molecule has 2 heterocycles. The molecule has 4 N–H and O–H groups in total. The zero-order chi connectivity index (χ0) is 34.6. The average Bonchev–Trinajstić information content (AvgIpc) is 3.34. The molecule has 2 aliphatic rings. The maximum absolute atomic E-state index is 11.9. The van der Waals surface area contributed by atoms with Crippen LogP contribution in [0, 0.1) is 0 Å². The van der Waals surface area contributed by atoms with Gasteiger partial charge in [0, 0.05) is 66.9 Å². The number of aliphatic carboxylic acids is 2. The maximum Gasteiger partial charge on any atom is 0.303 e. The summed E-state index contributed by atoms with van der Waals surface area (Å²) in [5, 5.41) is 18.1. The van der Waals surface area contributed by atoms with Gasteiger partial charge in [0.15, 0.2) is 5.71 Å². The van der Waals surface area contributed by atoms with Crippen LogP contribution >= 0.6 is 0 Å². The van der Waals surface area contributed by atoms with E-state index >= 15 is 0 Å². The average molecular weight is 666 g/mol. The summed E-state index contributed by atoms with van der Waals surface area (Å²) in [6.45, 7) is 10.2. The van der Waals surface area contributed by atoms with Crippen LogP contribution in [0.4, 0.5) is 11.4 Å². The number of rotatable bonds is 16. The lowest BCUT2D eigenvalue weighted by Gasteiger charge is -2.27. The lowest BCUT2D eigenvalue weighted by atomic mass is 9.81. The first-order chi connectivity index (χ1) is 22.1. The number of carbonyl (C=O) groups is 2. The molecule has 0 radical (unpaired) electrons. The summed E-state index contributed by atoms with van der Waals surface area (Å²) in [5.74, 6) is -1.61. The number of unbranched alkanes of at least 4 members (excludes halogenated alkanes) is 4. The fourth-order valence-corrected chi connectivity index (χ4v) is 7.31. The Morgan fingerprint density at radius 3 is 2.17 bits per heavy atom. The molecule has 0 unspecified atom stereocenters. The lowest BCUT2D eigenvalue weighted by Crippen LogP contribution is -2.28. The Morgan fingerprint density at radius 1 is 0.894 bits per heavy atom. The minimum Gasteiger partial charge on any atom is -0.744 e. The van der Waals surface area contributed by atoms with E-state index in [9.17, 15) is 22.6 Å². The van der Waals surface area contributed by atoms with Gasteiger partial charge in [-0.3, -0.25) is 9.59 Å². The molecule has 47 heavy (non-hydrogen) atoms. The Morgan fingerprint density at radius 2 is 1.55 bits per heavy atom. The van der Waals surface area contributed by atoms with E-state index in [4.69, 9.17) is 15.9 Å². The minimum atomic E-state index is -4.64. The summed E-state index contributed by atoms with van der Waals surface area (Å²) in [4.78, 5) is 24.1. The largest absolute Gasteiger partial charge is 0.744 e. The summed E-state index contributed by atoms with van der Waals surface area (Å²) in [6, 6.07) is 10.8. The van der Waals surface area contributed by atoms with Crippen LogP contribution in [0.2, 0.25) is 0 Å². The van der Waals surface area contributed by atoms with Crippen molar-refractivity contribution in [2.75, 3.05) is 18.0 Å². The van der Waals surface area contributed by atoms with Crippen LogP contribution in [-0.4, -0.2) is 58.5 Å². The Hall–Kier alpha value is -3.80. The first-order valence-corrected chi connectivity index (χ1v) is 17.7. The SMILES string of the molecule is CC1(C)C(/C=C/C=C2/N(CCCCCC(=O)O)c3ccc(CN)cc3C2(C)C)=[N+](CCCCCC(=O)O)c2ccc(S(=O)(=O)[O-])cc21. The van der Waals surface area contributed by atoms with E-state index in [0.29, 0.717) is 25.9 Å². The Kier molecular flexibility index (Phi) is 11.1. The van der Waals surface area contributed by atoms with Gasteiger partial charge in [0.2, 0.25) is 5.69 Å². The fraction of sp³-hybridized carbons (Fsp3) is 0.472. The van der Waals surface area contributed by atoms with E-state index in [0.717, 1.165) is 66.1 Å². The quantitative estimate of drug-likeness (QED) is 0.112. The fourth-order valence-electron chi connectivity index (χ4n) is 6.82. The number of hydrogen-bond donors (Lipinski definition) is 3. The number of anilines is 1. The zero-order valence-electron chi connectivity index (χ0n) is 27.8. The van der Waals surface area contributed by atoms with Gasteiger partial charge in [-0.2, -0.15) is 4.58 Å². The molecule has 254 valence electrons. The number of hydrogen-bond acceptors (Lipinski definition) is 7. The smallest absolute Gasteiger partial charge is 0.303 e. The molecule has 11 heteroatoms. The Balaban J connectivity index is 1.71. The van der Waals surface area contributed by atoms with Gasteiger partial charge in [0.25, 0.3) is 0 Å². The summed E-state index contributed by atoms with van der Waals surface area (Å²) in [6.07, 6.45) is 10.7. The highest BCUT2D eigenvalue weighted by Crippen LogP contribution is 2.48. The second kappa shape index (κ2) is 14.5. The molecule has 0 aromatic heterocycles. The van der Waals surface area contributed by atoms with Gasteiger partial charge in [0.1, 0.15) is 16.7 Å². The molecule has 0 bridgehead atoms. The van der Waals surface area contributed by atoms with Gasteiger partial charge in [-0.05, 0) is 74.9 Å². The molecular formula is C36H47N3O7S. The first kappa shape index (κ1) is 36.0. The van der Waals surface area contributed by atoms with Crippen molar-refractivity contribution in [3.63, 3.8) is 0 Å².